The van der Waals surface area contributed by atoms with Crippen LogP contribution in [0.15, 0.2) is 0 Å². The lowest BCUT2D eigenvalue weighted by Crippen LogP contribution is -2.12. The molecule has 0 spiro atoms. The molecule has 0 N–H and O–H groups in total. The van der Waals surface area contributed by atoms with E-state index in [0.717, 1.165) is 6.42 Å². The van der Waals surface area contributed by atoms with Gasteiger partial charge in [0.1, 0.15) is 0 Å². The fraction of sp³-hybridized carbons (Fsp3) is 0.800. The molecule has 0 aromatic rings. The minimum absolute atomic E-state index is 0.195. The molecule has 13 heavy (non-hydrogen) atoms. The molecule has 0 radical (unpaired) electrons. The molecule has 0 amide bonds. The average Bonchev–Trinajstić information content (AvgIpc) is 2.02. The molecule has 1 atom stereocenters. The van der Waals surface area contributed by atoms with E-state index in [4.69, 9.17) is 10.00 Å². The van der Waals surface area contributed by atoms with Crippen molar-refractivity contribution in [3.63, 3.8) is 0 Å². The fourth-order valence-corrected chi connectivity index (χ4v) is 1.17. The Morgan fingerprint density at radius 1 is 1.54 bits per heavy atom. The number of esters is 1. The van der Waals surface area contributed by atoms with Crippen LogP contribution >= 0.6 is 0 Å². The monoisotopic (exact) mass is 183 g/mol. The zero-order chi connectivity index (χ0) is 10.3. The molecule has 0 aliphatic carbocycles. The highest BCUT2D eigenvalue weighted by atomic mass is 16.5. The Labute approximate surface area is 79.7 Å². The number of ether oxygens (including phenoxy) is 1. The summed E-state index contributed by atoms with van der Waals surface area (Å²) in [6.45, 7) is 6.23. The van der Waals surface area contributed by atoms with Crippen molar-refractivity contribution < 1.29 is 9.53 Å². The van der Waals surface area contributed by atoms with Crippen molar-refractivity contribution in [3.8, 4) is 6.07 Å². The van der Waals surface area contributed by atoms with Crippen LogP contribution in [0.4, 0.5) is 0 Å². The van der Waals surface area contributed by atoms with Crippen LogP contribution in [0.1, 0.15) is 33.6 Å². The first-order valence-corrected chi connectivity index (χ1v) is 4.65. The molecule has 0 aromatic carbocycles. The number of carbonyl (C=O) groups excluding carboxylic acids is 1. The van der Waals surface area contributed by atoms with Gasteiger partial charge in [-0.3, -0.25) is 4.79 Å². The summed E-state index contributed by atoms with van der Waals surface area (Å²) >= 11 is 0. The van der Waals surface area contributed by atoms with Crippen molar-refractivity contribution >= 4 is 5.97 Å². The Bertz CT molecular complexity index is 194. The van der Waals surface area contributed by atoms with Gasteiger partial charge >= 0.3 is 5.97 Å². The highest BCUT2D eigenvalue weighted by molar-refractivity contribution is 5.70. The summed E-state index contributed by atoms with van der Waals surface area (Å²) in [4.78, 5) is 11.0. The Morgan fingerprint density at radius 2 is 2.15 bits per heavy atom. The summed E-state index contributed by atoms with van der Waals surface area (Å²) in [7, 11) is 0. The third kappa shape index (κ3) is 6.15. The van der Waals surface area contributed by atoms with Crippen LogP contribution < -0.4 is 0 Å². The van der Waals surface area contributed by atoms with Crippen molar-refractivity contribution in [2.24, 2.45) is 11.8 Å². The highest BCUT2D eigenvalue weighted by Crippen LogP contribution is 2.14. The van der Waals surface area contributed by atoms with Gasteiger partial charge in [-0.05, 0) is 19.3 Å². The predicted molar refractivity (Wildman–Crippen MR) is 49.8 cm³/mol. The quantitative estimate of drug-likeness (QED) is 0.613. The summed E-state index contributed by atoms with van der Waals surface area (Å²) in [6.07, 6.45) is 0.984. The van der Waals surface area contributed by atoms with E-state index in [1.165, 1.54) is 0 Å². The largest absolute Gasteiger partial charge is 0.466 e. The normalized spacial score (nSPS) is 12.2. The number of nitrogens with zero attached hydrogens (tertiary/aromatic N) is 1. The lowest BCUT2D eigenvalue weighted by atomic mass is 9.96. The van der Waals surface area contributed by atoms with Crippen molar-refractivity contribution in [3.05, 3.63) is 0 Å². The Morgan fingerprint density at radius 3 is 2.54 bits per heavy atom. The predicted octanol–water partition coefficient (Wildman–Crippen LogP) is 2.13. The second-order valence-corrected chi connectivity index (χ2v) is 3.46. The SMILES string of the molecule is CCOC(=O)C[C@H](C#N)CC(C)C. The first-order valence-electron chi connectivity index (χ1n) is 4.65. The Balaban J connectivity index is 3.85. The highest BCUT2D eigenvalue weighted by Gasteiger charge is 2.15. The topological polar surface area (TPSA) is 50.1 Å². The second kappa shape index (κ2) is 6.47. The van der Waals surface area contributed by atoms with Gasteiger partial charge in [0.25, 0.3) is 0 Å². The Kier molecular flexibility index (Phi) is 5.96. The lowest BCUT2D eigenvalue weighted by molar-refractivity contribution is -0.143. The summed E-state index contributed by atoms with van der Waals surface area (Å²) in [6, 6.07) is 2.12. The van der Waals surface area contributed by atoms with E-state index in [0.29, 0.717) is 12.5 Å². The molecule has 74 valence electrons. The van der Waals surface area contributed by atoms with Crippen LogP contribution in [-0.4, -0.2) is 12.6 Å². The molecule has 0 aliphatic heterocycles. The number of rotatable bonds is 5. The smallest absolute Gasteiger partial charge is 0.307 e. The molecule has 0 heterocycles. The summed E-state index contributed by atoms with van der Waals surface area (Å²) < 4.78 is 4.77. The van der Waals surface area contributed by atoms with Crippen LogP contribution in [0.3, 0.4) is 0 Å². The van der Waals surface area contributed by atoms with Gasteiger partial charge in [0.05, 0.1) is 25.0 Å². The molecule has 0 saturated heterocycles. The van der Waals surface area contributed by atoms with Gasteiger partial charge in [-0.2, -0.15) is 5.26 Å². The van der Waals surface area contributed by atoms with E-state index < -0.39 is 0 Å². The van der Waals surface area contributed by atoms with Gasteiger partial charge in [0.2, 0.25) is 0 Å². The fourth-order valence-electron chi connectivity index (χ4n) is 1.17. The third-order valence-corrected chi connectivity index (χ3v) is 1.66. The summed E-state index contributed by atoms with van der Waals surface area (Å²) in [5.74, 6) is -0.0205. The molecule has 0 saturated carbocycles. The molecule has 0 aliphatic rings. The van der Waals surface area contributed by atoms with E-state index in [1.807, 2.05) is 13.8 Å². The number of hydrogen-bond acceptors (Lipinski definition) is 3. The van der Waals surface area contributed by atoms with E-state index in [2.05, 4.69) is 6.07 Å². The number of nitriles is 1. The maximum absolute atomic E-state index is 11.0. The molecule has 3 heteroatoms. The molecule has 0 fully saturated rings. The van der Waals surface area contributed by atoms with Crippen LogP contribution in [0.2, 0.25) is 0 Å². The van der Waals surface area contributed by atoms with Crippen molar-refractivity contribution in [1.82, 2.24) is 0 Å². The van der Waals surface area contributed by atoms with E-state index in [9.17, 15) is 4.79 Å². The van der Waals surface area contributed by atoms with E-state index in [-0.39, 0.29) is 18.3 Å². The van der Waals surface area contributed by atoms with E-state index in [1.54, 1.807) is 6.92 Å². The van der Waals surface area contributed by atoms with Gasteiger partial charge in [-0.25, -0.2) is 0 Å². The minimum Gasteiger partial charge on any atom is -0.466 e. The lowest BCUT2D eigenvalue weighted by Gasteiger charge is -2.10. The van der Waals surface area contributed by atoms with Gasteiger partial charge < -0.3 is 4.74 Å². The molecule has 0 rings (SSSR count). The van der Waals surface area contributed by atoms with Gasteiger partial charge in [0, 0.05) is 0 Å². The molecule has 0 aromatic heterocycles. The Hall–Kier alpha value is -1.04. The van der Waals surface area contributed by atoms with Crippen molar-refractivity contribution in [2.75, 3.05) is 6.61 Å². The van der Waals surface area contributed by atoms with Crippen molar-refractivity contribution in [1.29, 1.82) is 5.26 Å². The minimum atomic E-state index is -0.269. The molecular formula is C10H17NO2. The number of carbonyl (C=O) groups is 1. The molecular weight excluding hydrogens is 166 g/mol. The van der Waals surface area contributed by atoms with E-state index >= 15 is 0 Å². The first kappa shape index (κ1) is 12.0. The molecule has 3 nitrogen and oxygen atoms in total. The summed E-state index contributed by atoms with van der Waals surface area (Å²) in [5.41, 5.74) is 0. The maximum Gasteiger partial charge on any atom is 0.307 e. The van der Waals surface area contributed by atoms with Gasteiger partial charge in [-0.15, -0.1) is 0 Å². The van der Waals surface area contributed by atoms with Crippen molar-refractivity contribution in [2.45, 2.75) is 33.6 Å². The average molecular weight is 183 g/mol. The van der Waals surface area contributed by atoms with Crippen LogP contribution in [-0.2, 0) is 9.53 Å². The van der Waals surface area contributed by atoms with Gasteiger partial charge in [0.15, 0.2) is 0 Å². The molecule has 0 bridgehead atoms. The standard InChI is InChI=1S/C10H17NO2/c1-4-13-10(12)6-9(7-11)5-8(2)3/h8-9H,4-6H2,1-3H3/t9-/m1/s1. The van der Waals surface area contributed by atoms with Crippen LogP contribution in [0.5, 0.6) is 0 Å². The maximum atomic E-state index is 11.0. The first-order chi connectivity index (χ1) is 6.10. The summed E-state index contributed by atoms with van der Waals surface area (Å²) in [5, 5.41) is 8.73. The molecule has 0 unspecified atom stereocenters. The zero-order valence-electron chi connectivity index (χ0n) is 8.54. The number of hydrogen-bond donors (Lipinski definition) is 0. The van der Waals surface area contributed by atoms with Crippen LogP contribution in [0, 0.1) is 23.2 Å². The zero-order valence-corrected chi connectivity index (χ0v) is 8.54. The van der Waals surface area contributed by atoms with Gasteiger partial charge in [-0.1, -0.05) is 13.8 Å². The second-order valence-electron chi connectivity index (χ2n) is 3.46. The van der Waals surface area contributed by atoms with Crippen LogP contribution in [0.25, 0.3) is 0 Å². The third-order valence-electron chi connectivity index (χ3n) is 1.66.